The van der Waals surface area contributed by atoms with Gasteiger partial charge in [-0.1, -0.05) is 6.07 Å². The normalized spacial score (nSPS) is 10.6. The lowest BCUT2D eigenvalue weighted by Crippen LogP contribution is -2.22. The summed E-state index contributed by atoms with van der Waals surface area (Å²) in [7, 11) is 1.85. The van der Waals surface area contributed by atoms with Gasteiger partial charge < -0.3 is 9.73 Å². The van der Waals surface area contributed by atoms with Gasteiger partial charge in [-0.25, -0.2) is 0 Å². The highest BCUT2D eigenvalue weighted by atomic mass is 79.9. The number of halogens is 1. The molecule has 0 saturated heterocycles. The van der Waals surface area contributed by atoms with Gasteiger partial charge in [0, 0.05) is 31.5 Å². The van der Waals surface area contributed by atoms with Crippen molar-refractivity contribution in [2.75, 3.05) is 0 Å². The van der Waals surface area contributed by atoms with Gasteiger partial charge in [-0.2, -0.15) is 5.10 Å². The molecule has 0 aliphatic rings. The molecule has 0 aliphatic heterocycles. The molecule has 0 fully saturated rings. The fourth-order valence-electron chi connectivity index (χ4n) is 2.08. The van der Waals surface area contributed by atoms with Crippen LogP contribution >= 0.6 is 15.9 Å². The minimum Gasteiger partial charge on any atom is -0.444 e. The van der Waals surface area contributed by atoms with Crippen molar-refractivity contribution in [2.24, 2.45) is 7.05 Å². The van der Waals surface area contributed by atoms with Crippen LogP contribution in [0.4, 0.5) is 0 Å². The van der Waals surface area contributed by atoms with Gasteiger partial charge in [-0.05, 0) is 39.7 Å². The maximum atomic E-state index is 12.0. The van der Waals surface area contributed by atoms with E-state index in [1.54, 1.807) is 29.2 Å². The molecule has 7 heteroatoms. The quantitative estimate of drug-likeness (QED) is 0.776. The first-order valence-electron chi connectivity index (χ1n) is 6.60. The predicted octanol–water partition coefficient (Wildman–Crippen LogP) is 2.77. The van der Waals surface area contributed by atoms with Crippen LogP contribution in [0.15, 0.2) is 51.9 Å². The van der Waals surface area contributed by atoms with Gasteiger partial charge in [0.15, 0.2) is 10.4 Å². The van der Waals surface area contributed by atoms with Crippen LogP contribution in [-0.2, 0) is 13.6 Å². The number of aromatic nitrogens is 3. The van der Waals surface area contributed by atoms with Gasteiger partial charge >= 0.3 is 0 Å². The van der Waals surface area contributed by atoms with Crippen LogP contribution in [0.25, 0.3) is 11.3 Å². The number of carbonyl (C=O) groups is 1. The van der Waals surface area contributed by atoms with Crippen molar-refractivity contribution in [3.8, 4) is 11.3 Å². The standard InChI is InChI=1S/C15H13BrN4O2/c1-20-9-11(8-19-20)14-10(3-2-6-17-14)7-18-15(21)12-4-5-13(16)22-12/h2-6,8-9H,7H2,1H3,(H,18,21). The maximum Gasteiger partial charge on any atom is 0.287 e. The third-order valence-corrected chi connectivity index (χ3v) is 3.53. The third-order valence-electron chi connectivity index (χ3n) is 3.11. The Bertz CT molecular complexity index is 809. The zero-order valence-corrected chi connectivity index (χ0v) is 13.4. The molecule has 1 N–H and O–H groups in total. The van der Waals surface area contributed by atoms with Crippen LogP contribution < -0.4 is 5.32 Å². The molecule has 0 aliphatic carbocycles. The Kier molecular flexibility index (Phi) is 4.06. The highest BCUT2D eigenvalue weighted by molar-refractivity contribution is 9.10. The molecular formula is C15H13BrN4O2. The molecule has 0 radical (unpaired) electrons. The Morgan fingerprint density at radius 2 is 2.27 bits per heavy atom. The third kappa shape index (κ3) is 3.09. The van der Waals surface area contributed by atoms with E-state index in [9.17, 15) is 4.79 Å². The number of pyridine rings is 1. The Morgan fingerprint density at radius 3 is 2.95 bits per heavy atom. The molecule has 3 heterocycles. The minimum atomic E-state index is -0.272. The molecule has 22 heavy (non-hydrogen) atoms. The molecule has 0 aromatic carbocycles. The number of hydrogen-bond donors (Lipinski definition) is 1. The second-order valence-electron chi connectivity index (χ2n) is 4.70. The first-order chi connectivity index (χ1) is 10.6. The number of rotatable bonds is 4. The van der Waals surface area contributed by atoms with Gasteiger partial charge in [0.1, 0.15) is 0 Å². The highest BCUT2D eigenvalue weighted by Gasteiger charge is 2.12. The Labute approximate surface area is 135 Å². The summed E-state index contributed by atoms with van der Waals surface area (Å²) in [6, 6.07) is 7.06. The number of carbonyl (C=O) groups excluding carboxylic acids is 1. The number of furan rings is 1. The van der Waals surface area contributed by atoms with Crippen molar-refractivity contribution in [3.63, 3.8) is 0 Å². The first-order valence-corrected chi connectivity index (χ1v) is 7.39. The second kappa shape index (κ2) is 6.15. The van der Waals surface area contributed by atoms with Gasteiger partial charge in [-0.15, -0.1) is 0 Å². The highest BCUT2D eigenvalue weighted by Crippen LogP contribution is 2.20. The Balaban J connectivity index is 1.77. The van der Waals surface area contributed by atoms with E-state index in [4.69, 9.17) is 4.42 Å². The molecule has 0 atom stereocenters. The molecule has 0 spiro atoms. The van der Waals surface area contributed by atoms with Gasteiger partial charge in [-0.3, -0.25) is 14.5 Å². The summed E-state index contributed by atoms with van der Waals surface area (Å²) in [6.07, 6.45) is 5.35. The lowest BCUT2D eigenvalue weighted by atomic mass is 10.1. The summed E-state index contributed by atoms with van der Waals surface area (Å²) in [5.41, 5.74) is 2.62. The smallest absolute Gasteiger partial charge is 0.287 e. The van der Waals surface area contributed by atoms with E-state index < -0.39 is 0 Å². The average molecular weight is 361 g/mol. The minimum absolute atomic E-state index is 0.263. The molecule has 0 unspecified atom stereocenters. The van der Waals surface area contributed by atoms with Crippen LogP contribution in [0.3, 0.4) is 0 Å². The molecule has 0 bridgehead atoms. The van der Waals surface area contributed by atoms with Gasteiger partial charge in [0.25, 0.3) is 5.91 Å². The van der Waals surface area contributed by atoms with Crippen molar-refractivity contribution >= 4 is 21.8 Å². The number of nitrogens with one attached hydrogen (secondary N) is 1. The summed E-state index contributed by atoms with van der Waals surface area (Å²) in [4.78, 5) is 16.4. The van der Waals surface area contributed by atoms with Crippen molar-refractivity contribution in [1.82, 2.24) is 20.1 Å². The Morgan fingerprint density at radius 1 is 1.41 bits per heavy atom. The van der Waals surface area contributed by atoms with Crippen LogP contribution in [0, 0.1) is 0 Å². The number of amides is 1. The maximum absolute atomic E-state index is 12.0. The van der Waals surface area contributed by atoms with Crippen LogP contribution in [0.5, 0.6) is 0 Å². The van der Waals surface area contributed by atoms with Crippen molar-refractivity contribution < 1.29 is 9.21 Å². The molecule has 3 aromatic heterocycles. The van der Waals surface area contributed by atoms with E-state index >= 15 is 0 Å². The number of hydrogen-bond acceptors (Lipinski definition) is 4. The molecule has 3 aromatic rings. The van der Waals surface area contributed by atoms with E-state index in [1.807, 2.05) is 25.4 Å². The summed E-state index contributed by atoms with van der Waals surface area (Å²) in [5, 5.41) is 6.97. The van der Waals surface area contributed by atoms with E-state index in [2.05, 4.69) is 31.3 Å². The molecule has 1 amide bonds. The van der Waals surface area contributed by atoms with Gasteiger partial charge in [0.05, 0.1) is 11.9 Å². The van der Waals surface area contributed by atoms with Crippen LogP contribution in [-0.4, -0.2) is 20.7 Å². The van der Waals surface area contributed by atoms with Crippen molar-refractivity contribution in [3.05, 3.63) is 58.8 Å². The van der Waals surface area contributed by atoms with Crippen LogP contribution in [0.2, 0.25) is 0 Å². The van der Waals surface area contributed by atoms with E-state index in [1.165, 1.54) is 0 Å². The van der Waals surface area contributed by atoms with E-state index in [0.29, 0.717) is 11.2 Å². The number of nitrogens with zero attached hydrogens (tertiary/aromatic N) is 3. The summed E-state index contributed by atoms with van der Waals surface area (Å²) < 4.78 is 7.47. The monoisotopic (exact) mass is 360 g/mol. The van der Waals surface area contributed by atoms with Gasteiger partial charge in [0.2, 0.25) is 0 Å². The summed E-state index contributed by atoms with van der Waals surface area (Å²) in [5.74, 6) is -0.00890. The predicted molar refractivity (Wildman–Crippen MR) is 84.0 cm³/mol. The molecule has 3 rings (SSSR count). The fraction of sp³-hybridized carbons (Fsp3) is 0.133. The average Bonchev–Trinajstić information content (AvgIpc) is 3.14. The van der Waals surface area contributed by atoms with Crippen LogP contribution in [0.1, 0.15) is 16.1 Å². The molecular weight excluding hydrogens is 348 g/mol. The summed E-state index contributed by atoms with van der Waals surface area (Å²) in [6.45, 7) is 0.356. The zero-order chi connectivity index (χ0) is 15.5. The second-order valence-corrected chi connectivity index (χ2v) is 5.48. The lowest BCUT2D eigenvalue weighted by Gasteiger charge is -2.07. The molecule has 0 saturated carbocycles. The fourth-order valence-corrected chi connectivity index (χ4v) is 2.39. The SMILES string of the molecule is Cn1cc(-c2ncccc2CNC(=O)c2ccc(Br)o2)cn1. The van der Waals surface area contributed by atoms with Crippen molar-refractivity contribution in [1.29, 1.82) is 0 Å². The first kappa shape index (κ1) is 14.5. The molecule has 6 nitrogen and oxygen atoms in total. The Hall–Kier alpha value is -2.41. The van der Waals surface area contributed by atoms with E-state index in [-0.39, 0.29) is 11.7 Å². The largest absolute Gasteiger partial charge is 0.444 e. The van der Waals surface area contributed by atoms with E-state index in [0.717, 1.165) is 16.8 Å². The summed E-state index contributed by atoms with van der Waals surface area (Å²) >= 11 is 3.18. The molecule has 112 valence electrons. The number of aryl methyl sites for hydroxylation is 1. The topological polar surface area (TPSA) is 73.0 Å². The zero-order valence-electron chi connectivity index (χ0n) is 11.8. The lowest BCUT2D eigenvalue weighted by molar-refractivity contribution is 0.0922. The van der Waals surface area contributed by atoms with Crippen molar-refractivity contribution in [2.45, 2.75) is 6.54 Å².